The second kappa shape index (κ2) is 4.01. The van der Waals surface area contributed by atoms with E-state index in [1.165, 1.54) is 5.56 Å². The Morgan fingerprint density at radius 3 is 2.89 bits per heavy atom. The van der Waals surface area contributed by atoms with E-state index < -0.39 is 0 Å². The molecule has 0 amide bonds. The molecule has 3 heteroatoms. The summed E-state index contributed by atoms with van der Waals surface area (Å²) in [7, 11) is 0. The Balaban J connectivity index is 2.20. The van der Waals surface area contributed by atoms with E-state index in [9.17, 15) is 0 Å². The first-order chi connectivity index (χ1) is 8.78. The second-order valence-electron chi connectivity index (χ2n) is 4.26. The maximum Gasteiger partial charge on any atom is 0.229 e. The lowest BCUT2D eigenvalue weighted by Gasteiger charge is -2.04. The maximum absolute atomic E-state index is 7.01. The summed E-state index contributed by atoms with van der Waals surface area (Å²) in [5.41, 5.74) is 4.45. The summed E-state index contributed by atoms with van der Waals surface area (Å²) < 4.78 is 0. The number of H-pyrrole nitrogens is 1. The molecular weight excluding hydrogens is 222 g/mol. The van der Waals surface area contributed by atoms with E-state index in [0.29, 0.717) is 5.82 Å². The van der Waals surface area contributed by atoms with Gasteiger partial charge in [0.15, 0.2) is 0 Å². The number of aromatic amines is 1. The Kier molecular flexibility index (Phi) is 2.35. The van der Waals surface area contributed by atoms with E-state index >= 15 is 0 Å². The lowest BCUT2D eigenvalue weighted by Crippen LogP contribution is -1.84. The molecular formula is C15H11N3. The van der Waals surface area contributed by atoms with Crippen molar-refractivity contribution in [2.75, 3.05) is 0 Å². The second-order valence-corrected chi connectivity index (χ2v) is 4.26. The summed E-state index contributed by atoms with van der Waals surface area (Å²) in [6, 6.07) is 10.0. The van der Waals surface area contributed by atoms with Gasteiger partial charge in [-0.15, -0.1) is 0 Å². The van der Waals surface area contributed by atoms with Gasteiger partial charge in [-0.25, -0.2) is 0 Å². The normalized spacial score (nSPS) is 10.4. The molecule has 86 valence electrons. The van der Waals surface area contributed by atoms with Crippen LogP contribution in [0.4, 0.5) is 5.82 Å². The number of aryl methyl sites for hydroxylation is 1. The van der Waals surface area contributed by atoms with Crippen LogP contribution in [0.5, 0.6) is 0 Å². The van der Waals surface area contributed by atoms with Crippen LogP contribution in [0.25, 0.3) is 26.9 Å². The monoisotopic (exact) mass is 233 g/mol. The van der Waals surface area contributed by atoms with Crippen molar-refractivity contribution in [2.24, 2.45) is 0 Å². The zero-order chi connectivity index (χ0) is 12.5. The Hall–Kier alpha value is -2.60. The summed E-state index contributed by atoms with van der Waals surface area (Å²) in [5.74, 6) is 0.574. The van der Waals surface area contributed by atoms with Crippen LogP contribution in [0.2, 0.25) is 0 Å². The predicted molar refractivity (Wildman–Crippen MR) is 72.5 cm³/mol. The van der Waals surface area contributed by atoms with E-state index in [-0.39, 0.29) is 0 Å². The molecule has 2 heterocycles. The van der Waals surface area contributed by atoms with Gasteiger partial charge in [0.25, 0.3) is 0 Å². The molecule has 0 saturated heterocycles. The quantitative estimate of drug-likeness (QED) is 0.631. The summed E-state index contributed by atoms with van der Waals surface area (Å²) >= 11 is 0. The van der Waals surface area contributed by atoms with Crippen LogP contribution in [-0.2, 0) is 0 Å². The van der Waals surface area contributed by atoms with E-state index in [0.717, 1.165) is 22.0 Å². The fourth-order valence-electron chi connectivity index (χ4n) is 2.11. The third-order valence-electron chi connectivity index (χ3n) is 3.08. The van der Waals surface area contributed by atoms with Crippen molar-refractivity contribution in [3.8, 4) is 11.1 Å². The predicted octanol–water partition coefficient (Wildman–Crippen LogP) is 4.09. The average molecular weight is 233 g/mol. The largest absolute Gasteiger partial charge is 0.364 e. The van der Waals surface area contributed by atoms with Crippen LogP contribution >= 0.6 is 0 Å². The van der Waals surface area contributed by atoms with Crippen LogP contribution in [0, 0.1) is 13.5 Å². The Morgan fingerprint density at radius 2 is 2.11 bits per heavy atom. The molecule has 3 rings (SSSR count). The fourth-order valence-corrected chi connectivity index (χ4v) is 2.11. The molecule has 3 nitrogen and oxygen atoms in total. The lowest BCUT2D eigenvalue weighted by atomic mass is 10.0. The number of hydrogen-bond donors (Lipinski definition) is 1. The van der Waals surface area contributed by atoms with Crippen LogP contribution in [0.3, 0.4) is 0 Å². The summed E-state index contributed by atoms with van der Waals surface area (Å²) in [6.07, 6.45) is 3.67. The SMILES string of the molecule is [C-]#[N+]c1cc2cc(-c3cnccc3C)ccc2[nH]1. The highest BCUT2D eigenvalue weighted by atomic mass is 14.9. The van der Waals surface area contributed by atoms with Crippen molar-refractivity contribution >= 4 is 16.7 Å². The van der Waals surface area contributed by atoms with Crippen molar-refractivity contribution in [3.63, 3.8) is 0 Å². The fraction of sp³-hybridized carbons (Fsp3) is 0.0667. The molecule has 0 fully saturated rings. The van der Waals surface area contributed by atoms with Crippen LogP contribution in [0.1, 0.15) is 5.56 Å². The van der Waals surface area contributed by atoms with Crippen molar-refractivity contribution in [3.05, 3.63) is 59.7 Å². The van der Waals surface area contributed by atoms with Crippen molar-refractivity contribution in [1.82, 2.24) is 9.97 Å². The molecule has 18 heavy (non-hydrogen) atoms. The molecule has 2 aromatic heterocycles. The number of benzene rings is 1. The van der Waals surface area contributed by atoms with Crippen molar-refractivity contribution in [1.29, 1.82) is 0 Å². The average Bonchev–Trinajstić information content (AvgIpc) is 2.81. The number of nitrogens with one attached hydrogen (secondary N) is 1. The van der Waals surface area contributed by atoms with Gasteiger partial charge < -0.3 is 9.83 Å². The zero-order valence-electron chi connectivity index (χ0n) is 9.94. The van der Waals surface area contributed by atoms with Gasteiger partial charge >= 0.3 is 0 Å². The van der Waals surface area contributed by atoms with Gasteiger partial charge in [0.05, 0.1) is 0 Å². The molecule has 3 aromatic rings. The van der Waals surface area contributed by atoms with Crippen LogP contribution < -0.4 is 0 Å². The van der Waals surface area contributed by atoms with Gasteiger partial charge in [0.1, 0.15) is 5.52 Å². The van der Waals surface area contributed by atoms with Gasteiger partial charge in [0.2, 0.25) is 5.82 Å². The van der Waals surface area contributed by atoms with Crippen LogP contribution in [0.15, 0.2) is 42.7 Å². The zero-order valence-corrected chi connectivity index (χ0v) is 9.94. The standard InChI is InChI=1S/C15H11N3/c1-10-5-6-17-9-13(10)11-3-4-14-12(7-11)8-15(16-2)18-14/h3-9,18H,1H3. The number of fused-ring (bicyclic) bond motifs is 1. The molecule has 0 bridgehead atoms. The smallest absolute Gasteiger partial charge is 0.229 e. The number of pyridine rings is 1. The maximum atomic E-state index is 7.01. The number of nitrogens with zero attached hydrogens (tertiary/aromatic N) is 2. The summed E-state index contributed by atoms with van der Waals surface area (Å²) in [4.78, 5) is 10.6. The molecule has 0 spiro atoms. The van der Waals surface area contributed by atoms with E-state index in [2.05, 4.69) is 33.9 Å². The van der Waals surface area contributed by atoms with Gasteiger partial charge in [-0.3, -0.25) is 4.98 Å². The molecule has 0 atom stereocenters. The van der Waals surface area contributed by atoms with Gasteiger partial charge in [-0.2, -0.15) is 0 Å². The van der Waals surface area contributed by atoms with E-state index in [4.69, 9.17) is 6.57 Å². The number of aromatic nitrogens is 2. The topological polar surface area (TPSA) is 33.0 Å². The Bertz CT molecular complexity index is 763. The number of rotatable bonds is 1. The van der Waals surface area contributed by atoms with Gasteiger partial charge in [-0.1, -0.05) is 12.6 Å². The first kappa shape index (κ1) is 10.5. The third kappa shape index (κ3) is 1.64. The molecule has 0 saturated carbocycles. The van der Waals surface area contributed by atoms with Crippen LogP contribution in [-0.4, -0.2) is 9.97 Å². The van der Waals surface area contributed by atoms with Gasteiger partial charge in [0, 0.05) is 23.3 Å². The highest BCUT2D eigenvalue weighted by Crippen LogP contribution is 2.28. The molecule has 0 aliphatic heterocycles. The first-order valence-corrected chi connectivity index (χ1v) is 5.69. The molecule has 0 aliphatic rings. The van der Waals surface area contributed by atoms with Gasteiger partial charge in [-0.05, 0) is 42.3 Å². The minimum atomic E-state index is 0.574. The van der Waals surface area contributed by atoms with Crippen molar-refractivity contribution in [2.45, 2.75) is 6.92 Å². The number of hydrogen-bond acceptors (Lipinski definition) is 1. The molecule has 1 aromatic carbocycles. The molecule has 0 unspecified atom stereocenters. The molecule has 1 N–H and O–H groups in total. The first-order valence-electron chi connectivity index (χ1n) is 5.69. The Morgan fingerprint density at radius 1 is 1.22 bits per heavy atom. The van der Waals surface area contributed by atoms with E-state index in [1.54, 1.807) is 6.20 Å². The highest BCUT2D eigenvalue weighted by molar-refractivity contribution is 5.88. The lowest BCUT2D eigenvalue weighted by molar-refractivity contribution is 1.29. The third-order valence-corrected chi connectivity index (χ3v) is 3.08. The highest BCUT2D eigenvalue weighted by Gasteiger charge is 2.06. The molecule has 0 radical (unpaired) electrons. The minimum Gasteiger partial charge on any atom is -0.364 e. The Labute approximate surface area is 105 Å². The summed E-state index contributed by atoms with van der Waals surface area (Å²) in [5, 5.41) is 1.06. The minimum absolute atomic E-state index is 0.574. The molecule has 0 aliphatic carbocycles. The summed E-state index contributed by atoms with van der Waals surface area (Å²) in [6.45, 7) is 9.08. The van der Waals surface area contributed by atoms with E-state index in [1.807, 2.05) is 24.4 Å². The van der Waals surface area contributed by atoms with Crippen molar-refractivity contribution < 1.29 is 0 Å².